The van der Waals surface area contributed by atoms with Gasteiger partial charge in [0, 0.05) is 6.42 Å². The molecule has 0 bridgehead atoms. The second kappa shape index (κ2) is 3.30. The van der Waals surface area contributed by atoms with Gasteiger partial charge in [0.15, 0.2) is 4.93 Å². The molecule has 0 aromatic heterocycles. The first-order valence-electron chi connectivity index (χ1n) is 4.69. The lowest BCUT2D eigenvalue weighted by Gasteiger charge is -2.30. The van der Waals surface area contributed by atoms with E-state index in [4.69, 9.17) is 4.55 Å². The molecule has 1 aliphatic carbocycles. The number of hydrogen-bond donors (Lipinski definition) is 2. The van der Waals surface area contributed by atoms with Gasteiger partial charge in [-0.3, -0.25) is 4.55 Å². The summed E-state index contributed by atoms with van der Waals surface area (Å²) >= 11 is 0. The molecule has 15 heavy (non-hydrogen) atoms. The minimum absolute atomic E-state index is 0.0397. The Hall–Kier alpha value is -0.910. The van der Waals surface area contributed by atoms with Gasteiger partial charge in [-0.1, -0.05) is 24.3 Å². The van der Waals surface area contributed by atoms with E-state index in [9.17, 15) is 13.5 Å². The molecule has 0 saturated carbocycles. The Morgan fingerprint density at radius 3 is 2.40 bits per heavy atom. The predicted molar refractivity (Wildman–Crippen MR) is 55.0 cm³/mol. The van der Waals surface area contributed by atoms with E-state index in [1.54, 1.807) is 12.1 Å². The van der Waals surface area contributed by atoms with Crippen LogP contribution in [-0.4, -0.2) is 23.0 Å². The van der Waals surface area contributed by atoms with Crippen molar-refractivity contribution in [2.75, 3.05) is 0 Å². The number of aliphatic hydroxyl groups is 1. The quantitative estimate of drug-likeness (QED) is 0.696. The Morgan fingerprint density at radius 2 is 1.80 bits per heavy atom. The third-order valence-corrected chi connectivity index (χ3v) is 4.16. The zero-order valence-electron chi connectivity index (χ0n) is 8.05. The van der Waals surface area contributed by atoms with Gasteiger partial charge in [0.1, 0.15) is 0 Å². The molecule has 1 unspecified atom stereocenters. The first-order chi connectivity index (χ1) is 6.92. The maximum atomic E-state index is 11.0. The molecule has 2 rings (SSSR count). The van der Waals surface area contributed by atoms with E-state index in [0.717, 1.165) is 11.1 Å². The summed E-state index contributed by atoms with van der Waals surface area (Å²) < 4.78 is 31.0. The molecule has 0 saturated heterocycles. The Kier molecular flexibility index (Phi) is 2.33. The minimum atomic E-state index is -4.41. The summed E-state index contributed by atoms with van der Waals surface area (Å²) in [6.07, 6.45) is 0.470. The molecule has 4 nitrogen and oxygen atoms in total. The fraction of sp³-hybridized carbons (Fsp3) is 0.400. The van der Waals surface area contributed by atoms with E-state index in [2.05, 4.69) is 0 Å². The lowest BCUT2D eigenvalue weighted by Crippen LogP contribution is -2.43. The lowest BCUT2D eigenvalue weighted by molar-refractivity contribution is 0.0982. The fourth-order valence-corrected chi connectivity index (χ4v) is 2.61. The van der Waals surface area contributed by atoms with Gasteiger partial charge in [-0.25, -0.2) is 0 Å². The van der Waals surface area contributed by atoms with Crippen LogP contribution in [0.2, 0.25) is 0 Å². The van der Waals surface area contributed by atoms with Crippen LogP contribution >= 0.6 is 0 Å². The van der Waals surface area contributed by atoms with Gasteiger partial charge in [-0.2, -0.15) is 8.42 Å². The fourth-order valence-electron chi connectivity index (χ4n) is 1.91. The van der Waals surface area contributed by atoms with Crippen molar-refractivity contribution in [2.24, 2.45) is 0 Å². The summed E-state index contributed by atoms with van der Waals surface area (Å²) in [5.41, 5.74) is 1.81. The molecular formula is C10H12O4S. The highest BCUT2D eigenvalue weighted by atomic mass is 32.2. The maximum Gasteiger partial charge on any atom is 0.295 e. The van der Waals surface area contributed by atoms with Crippen molar-refractivity contribution < 1.29 is 18.1 Å². The van der Waals surface area contributed by atoms with Crippen LogP contribution in [0.5, 0.6) is 0 Å². The number of benzene rings is 1. The molecule has 0 amide bonds. The van der Waals surface area contributed by atoms with Crippen molar-refractivity contribution in [3.05, 3.63) is 35.4 Å². The summed E-state index contributed by atoms with van der Waals surface area (Å²) in [5, 5.41) is 9.82. The number of rotatable bonds is 1. The zero-order chi connectivity index (χ0) is 11.1. The normalized spacial score (nSPS) is 26.0. The standard InChI is InChI=1S/C10H12O4S/c11-10(15(12,13)14)6-5-8-3-1-2-4-9(8)7-10/h1-4,11H,5-7H2,(H,12,13,14). The van der Waals surface area contributed by atoms with Gasteiger partial charge >= 0.3 is 0 Å². The van der Waals surface area contributed by atoms with Crippen molar-refractivity contribution in [3.63, 3.8) is 0 Å². The van der Waals surface area contributed by atoms with Crippen LogP contribution < -0.4 is 0 Å². The average molecular weight is 228 g/mol. The maximum absolute atomic E-state index is 11.0. The Morgan fingerprint density at radius 1 is 1.20 bits per heavy atom. The lowest BCUT2D eigenvalue weighted by atomic mass is 9.89. The van der Waals surface area contributed by atoms with Crippen LogP contribution in [-0.2, 0) is 23.0 Å². The van der Waals surface area contributed by atoms with Crippen molar-refractivity contribution in [1.82, 2.24) is 0 Å². The SMILES string of the molecule is O=S(=O)(O)C1(O)CCc2ccccc2C1. The topological polar surface area (TPSA) is 74.6 Å². The van der Waals surface area contributed by atoms with Crippen LogP contribution in [0.25, 0.3) is 0 Å². The largest absolute Gasteiger partial charge is 0.372 e. The van der Waals surface area contributed by atoms with E-state index in [0.29, 0.717) is 6.42 Å². The minimum Gasteiger partial charge on any atom is -0.372 e. The first-order valence-corrected chi connectivity index (χ1v) is 6.13. The van der Waals surface area contributed by atoms with Gasteiger partial charge in [0.05, 0.1) is 0 Å². The Bertz CT molecular complexity index is 480. The van der Waals surface area contributed by atoms with Crippen LogP contribution in [0, 0.1) is 0 Å². The van der Waals surface area contributed by atoms with Gasteiger partial charge < -0.3 is 5.11 Å². The average Bonchev–Trinajstić information content (AvgIpc) is 2.16. The smallest absolute Gasteiger partial charge is 0.295 e. The highest BCUT2D eigenvalue weighted by Crippen LogP contribution is 2.31. The highest BCUT2D eigenvalue weighted by molar-refractivity contribution is 7.87. The summed E-state index contributed by atoms with van der Waals surface area (Å²) in [6, 6.07) is 7.33. The molecule has 0 spiro atoms. The molecular weight excluding hydrogens is 216 g/mol. The monoisotopic (exact) mass is 228 g/mol. The molecule has 0 heterocycles. The Labute approximate surface area is 88.3 Å². The highest BCUT2D eigenvalue weighted by Gasteiger charge is 2.43. The number of fused-ring (bicyclic) bond motifs is 1. The summed E-state index contributed by atoms with van der Waals surface area (Å²) in [5.74, 6) is 0. The van der Waals surface area contributed by atoms with E-state index >= 15 is 0 Å². The number of hydrogen-bond acceptors (Lipinski definition) is 3. The summed E-state index contributed by atoms with van der Waals surface area (Å²) in [7, 11) is -4.41. The molecule has 0 aliphatic heterocycles. The van der Waals surface area contributed by atoms with Crippen LogP contribution in [0.1, 0.15) is 17.5 Å². The predicted octanol–water partition coefficient (Wildman–Crippen LogP) is 0.752. The van der Waals surface area contributed by atoms with E-state index in [1.165, 1.54) is 0 Å². The molecule has 1 aromatic rings. The first kappa shape index (κ1) is 10.6. The Balaban J connectivity index is 2.41. The zero-order valence-corrected chi connectivity index (χ0v) is 8.87. The third kappa shape index (κ3) is 1.78. The van der Waals surface area contributed by atoms with Crippen molar-refractivity contribution >= 4 is 10.1 Å². The van der Waals surface area contributed by atoms with E-state index in [-0.39, 0.29) is 12.8 Å². The summed E-state index contributed by atoms with van der Waals surface area (Å²) in [4.78, 5) is -2.01. The number of aryl methyl sites for hydroxylation is 1. The van der Waals surface area contributed by atoms with Crippen molar-refractivity contribution in [3.8, 4) is 0 Å². The van der Waals surface area contributed by atoms with Crippen molar-refractivity contribution in [1.29, 1.82) is 0 Å². The molecule has 82 valence electrons. The van der Waals surface area contributed by atoms with Gasteiger partial charge in [0.25, 0.3) is 10.1 Å². The molecule has 0 fully saturated rings. The molecule has 1 aliphatic rings. The molecule has 1 aromatic carbocycles. The van der Waals surface area contributed by atoms with E-state index < -0.39 is 15.1 Å². The van der Waals surface area contributed by atoms with Crippen LogP contribution in [0.15, 0.2) is 24.3 Å². The second-order valence-corrected chi connectivity index (χ2v) is 5.58. The second-order valence-electron chi connectivity index (χ2n) is 3.87. The molecule has 1 atom stereocenters. The van der Waals surface area contributed by atoms with Crippen LogP contribution in [0.3, 0.4) is 0 Å². The third-order valence-electron chi connectivity index (χ3n) is 2.85. The molecule has 0 radical (unpaired) electrons. The molecule has 5 heteroatoms. The van der Waals surface area contributed by atoms with Crippen LogP contribution in [0.4, 0.5) is 0 Å². The molecule has 2 N–H and O–H groups in total. The van der Waals surface area contributed by atoms with Gasteiger partial charge in [0.2, 0.25) is 0 Å². The summed E-state index contributed by atoms with van der Waals surface area (Å²) in [6.45, 7) is 0. The van der Waals surface area contributed by atoms with Gasteiger partial charge in [-0.05, 0) is 24.0 Å². The van der Waals surface area contributed by atoms with Crippen molar-refractivity contribution in [2.45, 2.75) is 24.2 Å². The van der Waals surface area contributed by atoms with E-state index in [1.807, 2.05) is 12.1 Å². The van der Waals surface area contributed by atoms with Gasteiger partial charge in [-0.15, -0.1) is 0 Å².